The SMILES string of the molecule is CN(C)CCNC(=O)c1csc(CN)n1. The maximum Gasteiger partial charge on any atom is 0.270 e. The third-order valence-electron chi connectivity index (χ3n) is 1.80. The standard InChI is InChI=1S/C9H16N4OS/c1-13(2)4-3-11-9(14)7-6-15-8(5-10)12-7/h6H,3-5,10H2,1-2H3,(H,11,14). The summed E-state index contributed by atoms with van der Waals surface area (Å²) in [4.78, 5) is 17.6. The van der Waals surface area contributed by atoms with Crippen molar-refractivity contribution < 1.29 is 4.79 Å². The van der Waals surface area contributed by atoms with Crippen molar-refractivity contribution in [3.05, 3.63) is 16.1 Å². The lowest BCUT2D eigenvalue weighted by Gasteiger charge is -2.09. The lowest BCUT2D eigenvalue weighted by molar-refractivity contribution is 0.0946. The fourth-order valence-corrected chi connectivity index (χ4v) is 1.65. The molecule has 5 nitrogen and oxygen atoms in total. The zero-order chi connectivity index (χ0) is 11.3. The van der Waals surface area contributed by atoms with Crippen LogP contribution in [0.4, 0.5) is 0 Å². The second-order valence-electron chi connectivity index (χ2n) is 3.39. The zero-order valence-corrected chi connectivity index (χ0v) is 9.80. The molecule has 6 heteroatoms. The van der Waals surface area contributed by atoms with Crippen LogP contribution >= 0.6 is 11.3 Å². The molecule has 0 aliphatic heterocycles. The number of hydrogen-bond acceptors (Lipinski definition) is 5. The van der Waals surface area contributed by atoms with E-state index >= 15 is 0 Å². The number of likely N-dealkylation sites (N-methyl/N-ethyl adjacent to an activating group) is 1. The third kappa shape index (κ3) is 3.94. The van der Waals surface area contributed by atoms with Crippen LogP contribution in [0.25, 0.3) is 0 Å². The van der Waals surface area contributed by atoms with E-state index in [1.165, 1.54) is 11.3 Å². The molecule has 15 heavy (non-hydrogen) atoms. The van der Waals surface area contributed by atoms with Crippen molar-refractivity contribution in [2.45, 2.75) is 6.54 Å². The molecule has 0 saturated heterocycles. The normalized spacial score (nSPS) is 10.7. The molecule has 0 spiro atoms. The molecule has 0 aliphatic carbocycles. The molecule has 1 aromatic rings. The highest BCUT2D eigenvalue weighted by molar-refractivity contribution is 7.09. The van der Waals surface area contributed by atoms with Crippen LogP contribution in [-0.4, -0.2) is 43.0 Å². The lowest BCUT2D eigenvalue weighted by atomic mass is 10.4. The molecular weight excluding hydrogens is 212 g/mol. The first kappa shape index (κ1) is 12.1. The van der Waals surface area contributed by atoms with Crippen molar-refractivity contribution in [2.24, 2.45) is 5.73 Å². The van der Waals surface area contributed by atoms with Crippen LogP contribution < -0.4 is 11.1 Å². The van der Waals surface area contributed by atoms with Gasteiger partial charge in [0.2, 0.25) is 0 Å². The van der Waals surface area contributed by atoms with E-state index in [2.05, 4.69) is 10.3 Å². The highest BCUT2D eigenvalue weighted by Crippen LogP contribution is 2.08. The minimum atomic E-state index is -0.132. The molecule has 0 saturated carbocycles. The quantitative estimate of drug-likeness (QED) is 0.738. The molecule has 1 rings (SSSR count). The largest absolute Gasteiger partial charge is 0.349 e. The molecule has 0 bridgehead atoms. The number of rotatable bonds is 5. The van der Waals surface area contributed by atoms with Gasteiger partial charge in [-0.1, -0.05) is 0 Å². The summed E-state index contributed by atoms with van der Waals surface area (Å²) in [7, 11) is 3.92. The number of nitrogens with one attached hydrogen (secondary N) is 1. The molecule has 1 heterocycles. The summed E-state index contributed by atoms with van der Waals surface area (Å²) in [5, 5.41) is 5.30. The van der Waals surface area contributed by atoms with Gasteiger partial charge in [-0.25, -0.2) is 4.98 Å². The summed E-state index contributed by atoms with van der Waals surface area (Å²) in [6.45, 7) is 1.83. The molecule has 0 atom stereocenters. The first-order valence-electron chi connectivity index (χ1n) is 4.71. The molecular formula is C9H16N4OS. The molecule has 1 amide bonds. The zero-order valence-electron chi connectivity index (χ0n) is 8.99. The van der Waals surface area contributed by atoms with Gasteiger partial charge in [-0.15, -0.1) is 11.3 Å². The Kier molecular flexibility index (Phi) is 4.67. The van der Waals surface area contributed by atoms with E-state index in [1.807, 2.05) is 19.0 Å². The molecule has 0 aromatic carbocycles. The number of amides is 1. The van der Waals surface area contributed by atoms with E-state index in [-0.39, 0.29) is 5.91 Å². The second-order valence-corrected chi connectivity index (χ2v) is 4.33. The van der Waals surface area contributed by atoms with Crippen molar-refractivity contribution in [2.75, 3.05) is 27.2 Å². The first-order chi connectivity index (χ1) is 7.13. The Labute approximate surface area is 93.3 Å². The maximum absolute atomic E-state index is 11.5. The molecule has 0 unspecified atom stereocenters. The van der Waals surface area contributed by atoms with Crippen molar-refractivity contribution >= 4 is 17.2 Å². The van der Waals surface area contributed by atoms with E-state index in [4.69, 9.17) is 5.73 Å². The Balaban J connectivity index is 2.40. The number of carbonyl (C=O) groups excluding carboxylic acids is 1. The molecule has 0 radical (unpaired) electrons. The molecule has 0 fully saturated rings. The van der Waals surface area contributed by atoms with Gasteiger partial charge in [0.25, 0.3) is 5.91 Å². The van der Waals surface area contributed by atoms with E-state index in [9.17, 15) is 4.79 Å². The number of thiazole rings is 1. The van der Waals surface area contributed by atoms with Gasteiger partial charge in [0.15, 0.2) is 0 Å². The van der Waals surface area contributed by atoms with E-state index < -0.39 is 0 Å². The van der Waals surface area contributed by atoms with Gasteiger partial charge in [-0.05, 0) is 14.1 Å². The predicted molar refractivity (Wildman–Crippen MR) is 60.9 cm³/mol. The van der Waals surface area contributed by atoms with E-state index in [0.717, 1.165) is 11.6 Å². The Morgan fingerprint density at radius 2 is 2.40 bits per heavy atom. The summed E-state index contributed by atoms with van der Waals surface area (Å²) in [5.41, 5.74) is 5.87. The maximum atomic E-state index is 11.5. The van der Waals surface area contributed by atoms with Gasteiger partial charge >= 0.3 is 0 Å². The Morgan fingerprint density at radius 3 is 2.93 bits per heavy atom. The van der Waals surface area contributed by atoms with Crippen LogP contribution in [0.2, 0.25) is 0 Å². The van der Waals surface area contributed by atoms with Crippen LogP contribution in [0.15, 0.2) is 5.38 Å². The molecule has 3 N–H and O–H groups in total. The summed E-state index contributed by atoms with van der Waals surface area (Å²) >= 11 is 1.41. The fraction of sp³-hybridized carbons (Fsp3) is 0.556. The Bertz CT molecular complexity index is 324. The smallest absolute Gasteiger partial charge is 0.270 e. The fourth-order valence-electron chi connectivity index (χ4n) is 0.993. The summed E-state index contributed by atoms with van der Waals surface area (Å²) in [5.74, 6) is -0.132. The predicted octanol–water partition coefficient (Wildman–Crippen LogP) is -0.107. The van der Waals surface area contributed by atoms with Gasteiger partial charge in [0.05, 0.1) is 0 Å². The van der Waals surface area contributed by atoms with Crippen molar-refractivity contribution in [1.29, 1.82) is 0 Å². The topological polar surface area (TPSA) is 71.2 Å². The third-order valence-corrected chi connectivity index (χ3v) is 2.67. The number of aromatic nitrogens is 1. The van der Waals surface area contributed by atoms with Gasteiger partial charge in [0, 0.05) is 25.0 Å². The number of nitrogens with two attached hydrogens (primary N) is 1. The monoisotopic (exact) mass is 228 g/mol. The van der Waals surface area contributed by atoms with Gasteiger partial charge in [0.1, 0.15) is 10.7 Å². The van der Waals surface area contributed by atoms with Gasteiger partial charge in [-0.2, -0.15) is 0 Å². The highest BCUT2D eigenvalue weighted by Gasteiger charge is 2.08. The van der Waals surface area contributed by atoms with Gasteiger partial charge in [-0.3, -0.25) is 4.79 Å². The average molecular weight is 228 g/mol. The van der Waals surface area contributed by atoms with E-state index in [0.29, 0.717) is 18.8 Å². The van der Waals surface area contributed by atoms with Gasteiger partial charge < -0.3 is 16.0 Å². The first-order valence-corrected chi connectivity index (χ1v) is 5.59. The minimum absolute atomic E-state index is 0.132. The average Bonchev–Trinajstić information content (AvgIpc) is 2.65. The van der Waals surface area contributed by atoms with Crippen molar-refractivity contribution in [3.8, 4) is 0 Å². The highest BCUT2D eigenvalue weighted by atomic mass is 32.1. The molecule has 84 valence electrons. The van der Waals surface area contributed by atoms with Crippen LogP contribution in [0.3, 0.4) is 0 Å². The Hall–Kier alpha value is -0.980. The summed E-state index contributed by atoms with van der Waals surface area (Å²) < 4.78 is 0. The minimum Gasteiger partial charge on any atom is -0.349 e. The molecule has 0 aliphatic rings. The van der Waals surface area contributed by atoms with Crippen LogP contribution in [0, 0.1) is 0 Å². The summed E-state index contributed by atoms with van der Waals surface area (Å²) in [6, 6.07) is 0. The van der Waals surface area contributed by atoms with Crippen molar-refractivity contribution in [3.63, 3.8) is 0 Å². The number of carbonyl (C=O) groups is 1. The van der Waals surface area contributed by atoms with Crippen LogP contribution in [-0.2, 0) is 6.54 Å². The molecule has 1 aromatic heterocycles. The summed E-state index contributed by atoms with van der Waals surface area (Å²) in [6.07, 6.45) is 0. The lowest BCUT2D eigenvalue weighted by Crippen LogP contribution is -2.31. The van der Waals surface area contributed by atoms with E-state index in [1.54, 1.807) is 5.38 Å². The Morgan fingerprint density at radius 1 is 1.67 bits per heavy atom. The van der Waals surface area contributed by atoms with Crippen LogP contribution in [0.5, 0.6) is 0 Å². The number of hydrogen-bond donors (Lipinski definition) is 2. The van der Waals surface area contributed by atoms with Crippen molar-refractivity contribution in [1.82, 2.24) is 15.2 Å². The number of nitrogens with zero attached hydrogens (tertiary/aromatic N) is 2. The van der Waals surface area contributed by atoms with Crippen LogP contribution in [0.1, 0.15) is 15.5 Å². The second kappa shape index (κ2) is 5.79.